The Morgan fingerprint density at radius 1 is 1.50 bits per heavy atom. The van der Waals surface area contributed by atoms with Gasteiger partial charge in [0.2, 0.25) is 15.2 Å². The third kappa shape index (κ3) is 4.12. The lowest BCUT2D eigenvalue weighted by Crippen LogP contribution is -2.15. The van der Waals surface area contributed by atoms with Crippen LogP contribution in [0.2, 0.25) is 0 Å². The van der Waals surface area contributed by atoms with Crippen LogP contribution in [0.25, 0.3) is 0 Å². The van der Waals surface area contributed by atoms with Gasteiger partial charge in [-0.3, -0.25) is 4.72 Å². The van der Waals surface area contributed by atoms with Crippen LogP contribution in [-0.2, 0) is 16.4 Å². The minimum absolute atomic E-state index is 0.214. The lowest BCUT2D eigenvalue weighted by molar-refractivity contribution is 0.604. The lowest BCUT2D eigenvalue weighted by atomic mass is 10.1. The summed E-state index contributed by atoms with van der Waals surface area (Å²) in [4.78, 5) is 0. The van der Waals surface area contributed by atoms with Crippen molar-refractivity contribution in [3.8, 4) is 6.07 Å². The molecule has 0 aliphatic heterocycles. The summed E-state index contributed by atoms with van der Waals surface area (Å²) in [5, 5.41) is 16.9. The number of nitrogens with zero attached hydrogens (tertiary/aromatic N) is 3. The molecule has 0 aliphatic rings. The molecule has 6 nitrogen and oxygen atoms in total. The molecule has 0 radical (unpaired) electrons. The third-order valence-electron chi connectivity index (χ3n) is 1.55. The second-order valence-corrected chi connectivity index (χ2v) is 6.40. The van der Waals surface area contributed by atoms with Gasteiger partial charge >= 0.3 is 0 Å². The van der Waals surface area contributed by atoms with Gasteiger partial charge in [-0.2, -0.15) is 5.26 Å². The Bertz CT molecular complexity index is 486. The Labute approximate surface area is 98.4 Å². The van der Waals surface area contributed by atoms with Crippen molar-refractivity contribution in [2.45, 2.75) is 20.3 Å². The van der Waals surface area contributed by atoms with E-state index in [-0.39, 0.29) is 5.13 Å². The minimum Gasteiger partial charge on any atom is -0.256 e. The van der Waals surface area contributed by atoms with Gasteiger partial charge in [0, 0.05) is 6.42 Å². The molecule has 0 fully saturated rings. The van der Waals surface area contributed by atoms with Crippen LogP contribution < -0.4 is 4.72 Å². The maximum absolute atomic E-state index is 11.2. The zero-order chi connectivity index (χ0) is 12.2. The molecule has 1 N–H and O–H groups in total. The number of hydrogen-bond donors (Lipinski definition) is 1. The van der Waals surface area contributed by atoms with Gasteiger partial charge in [-0.15, -0.1) is 10.2 Å². The summed E-state index contributed by atoms with van der Waals surface area (Å²) >= 11 is 1.19. The van der Waals surface area contributed by atoms with E-state index in [2.05, 4.69) is 14.9 Å². The average Bonchev–Trinajstić information content (AvgIpc) is 2.49. The predicted molar refractivity (Wildman–Crippen MR) is 61.5 cm³/mol. The number of sulfonamides is 1. The normalized spacial score (nSPS) is 11.4. The first-order valence-electron chi connectivity index (χ1n) is 4.63. The van der Waals surface area contributed by atoms with Crippen molar-refractivity contribution < 1.29 is 8.42 Å². The number of nitriles is 1. The molecule has 8 heteroatoms. The van der Waals surface area contributed by atoms with E-state index < -0.39 is 15.8 Å². The second kappa shape index (κ2) is 5.23. The molecule has 1 heterocycles. The van der Waals surface area contributed by atoms with E-state index in [0.717, 1.165) is 11.4 Å². The molecule has 0 saturated heterocycles. The Morgan fingerprint density at radius 2 is 2.19 bits per heavy atom. The summed E-state index contributed by atoms with van der Waals surface area (Å²) in [5.41, 5.74) is 0. The maximum atomic E-state index is 11.2. The fourth-order valence-electron chi connectivity index (χ4n) is 0.981. The standard InChI is InChI=1S/C8H12N4O2S2/c1-6(2)5-7-10-11-8(15-7)12-16(13,14)4-3-9/h6H,4-5H2,1-2H3,(H,11,12). The molecule has 0 spiro atoms. The molecule has 0 atom stereocenters. The van der Waals surface area contributed by atoms with E-state index in [9.17, 15) is 8.42 Å². The number of anilines is 1. The Balaban J connectivity index is 2.70. The highest BCUT2D eigenvalue weighted by Gasteiger charge is 2.13. The largest absolute Gasteiger partial charge is 0.256 e. The summed E-state index contributed by atoms with van der Waals surface area (Å²) in [6.07, 6.45) is 0.762. The molecule has 16 heavy (non-hydrogen) atoms. The van der Waals surface area contributed by atoms with Gasteiger partial charge in [0.05, 0.1) is 6.07 Å². The van der Waals surface area contributed by atoms with Crippen molar-refractivity contribution in [1.29, 1.82) is 5.26 Å². The quantitative estimate of drug-likeness (QED) is 0.852. The van der Waals surface area contributed by atoms with Crippen molar-refractivity contribution in [3.63, 3.8) is 0 Å². The van der Waals surface area contributed by atoms with E-state index in [1.165, 1.54) is 11.3 Å². The smallest absolute Gasteiger partial charge is 0.248 e. The molecule has 1 rings (SSSR count). The van der Waals surface area contributed by atoms with Crippen LogP contribution in [0, 0.1) is 17.2 Å². The number of hydrogen-bond acceptors (Lipinski definition) is 6. The fraction of sp³-hybridized carbons (Fsp3) is 0.625. The molecule has 1 aromatic rings. The van der Waals surface area contributed by atoms with Crippen LogP contribution in [-0.4, -0.2) is 24.4 Å². The summed E-state index contributed by atoms with van der Waals surface area (Å²) in [6, 6.07) is 1.57. The van der Waals surface area contributed by atoms with Gasteiger partial charge in [0.1, 0.15) is 5.01 Å². The summed E-state index contributed by atoms with van der Waals surface area (Å²) in [7, 11) is -3.60. The second-order valence-electron chi connectivity index (χ2n) is 3.62. The van der Waals surface area contributed by atoms with Gasteiger partial charge in [-0.1, -0.05) is 25.2 Å². The molecular formula is C8H12N4O2S2. The van der Waals surface area contributed by atoms with E-state index in [4.69, 9.17) is 5.26 Å². The van der Waals surface area contributed by atoms with Gasteiger partial charge in [-0.25, -0.2) is 8.42 Å². The highest BCUT2D eigenvalue weighted by molar-refractivity contribution is 7.93. The molecule has 0 aromatic carbocycles. The van der Waals surface area contributed by atoms with Crippen molar-refractivity contribution >= 4 is 26.5 Å². The number of rotatable bonds is 5. The summed E-state index contributed by atoms with van der Waals surface area (Å²) < 4.78 is 24.7. The van der Waals surface area contributed by atoms with Crippen LogP contribution in [0.15, 0.2) is 0 Å². The first kappa shape index (κ1) is 12.9. The summed E-state index contributed by atoms with van der Waals surface area (Å²) in [6.45, 7) is 4.09. The highest BCUT2D eigenvalue weighted by atomic mass is 32.2. The SMILES string of the molecule is CC(C)Cc1nnc(NS(=O)(=O)CC#N)s1. The van der Waals surface area contributed by atoms with Crippen molar-refractivity contribution in [2.75, 3.05) is 10.5 Å². The Morgan fingerprint density at radius 3 is 2.75 bits per heavy atom. The predicted octanol–water partition coefficient (Wildman–Crippen LogP) is 1.00. The van der Waals surface area contributed by atoms with Crippen molar-refractivity contribution in [1.82, 2.24) is 10.2 Å². The number of aromatic nitrogens is 2. The van der Waals surface area contributed by atoms with Crippen LogP contribution in [0.1, 0.15) is 18.9 Å². The van der Waals surface area contributed by atoms with E-state index in [1.54, 1.807) is 6.07 Å². The van der Waals surface area contributed by atoms with E-state index in [0.29, 0.717) is 5.92 Å². The highest BCUT2D eigenvalue weighted by Crippen LogP contribution is 2.19. The van der Waals surface area contributed by atoms with Gasteiger partial charge in [0.25, 0.3) is 0 Å². The lowest BCUT2D eigenvalue weighted by Gasteiger charge is -1.98. The Kier molecular flexibility index (Phi) is 4.20. The average molecular weight is 260 g/mol. The number of nitrogens with one attached hydrogen (secondary N) is 1. The molecular weight excluding hydrogens is 248 g/mol. The van der Waals surface area contributed by atoms with Gasteiger partial charge < -0.3 is 0 Å². The maximum Gasteiger partial charge on any atom is 0.248 e. The van der Waals surface area contributed by atoms with E-state index in [1.807, 2.05) is 13.8 Å². The van der Waals surface area contributed by atoms with E-state index >= 15 is 0 Å². The van der Waals surface area contributed by atoms with Crippen LogP contribution in [0.3, 0.4) is 0 Å². The molecule has 88 valence electrons. The van der Waals surface area contributed by atoms with Crippen LogP contribution in [0.4, 0.5) is 5.13 Å². The molecule has 0 bridgehead atoms. The van der Waals surface area contributed by atoms with Crippen molar-refractivity contribution in [3.05, 3.63) is 5.01 Å². The topological polar surface area (TPSA) is 95.7 Å². The zero-order valence-corrected chi connectivity index (χ0v) is 10.6. The summed E-state index contributed by atoms with van der Waals surface area (Å²) in [5.74, 6) is -0.136. The monoisotopic (exact) mass is 260 g/mol. The molecule has 0 amide bonds. The minimum atomic E-state index is -3.60. The zero-order valence-electron chi connectivity index (χ0n) is 8.97. The fourth-order valence-corrected chi connectivity index (χ4v) is 2.88. The molecule has 0 saturated carbocycles. The molecule has 0 aliphatic carbocycles. The molecule has 1 aromatic heterocycles. The van der Waals surface area contributed by atoms with Crippen LogP contribution in [0.5, 0.6) is 0 Å². The van der Waals surface area contributed by atoms with Gasteiger partial charge in [-0.05, 0) is 5.92 Å². The Hall–Kier alpha value is -1.20. The van der Waals surface area contributed by atoms with Gasteiger partial charge in [0.15, 0.2) is 5.75 Å². The third-order valence-corrected chi connectivity index (χ3v) is 3.55. The first-order chi connectivity index (χ1) is 7.43. The van der Waals surface area contributed by atoms with Crippen LogP contribution >= 0.6 is 11.3 Å². The molecule has 0 unspecified atom stereocenters. The van der Waals surface area contributed by atoms with Crippen molar-refractivity contribution in [2.24, 2.45) is 5.92 Å². The first-order valence-corrected chi connectivity index (χ1v) is 7.09.